The maximum atomic E-state index is 14.1. The molecule has 1 aliphatic rings. The third kappa shape index (κ3) is 5.57. The van der Waals surface area contributed by atoms with Crippen molar-refractivity contribution >= 4 is 40.6 Å². The highest BCUT2D eigenvalue weighted by Gasteiger charge is 2.37. The third-order valence-electron chi connectivity index (χ3n) is 6.24. The van der Waals surface area contributed by atoms with Crippen molar-refractivity contribution in [1.82, 2.24) is 9.69 Å². The van der Waals surface area contributed by atoms with Crippen LogP contribution in [0.3, 0.4) is 0 Å². The summed E-state index contributed by atoms with van der Waals surface area (Å²) in [5, 5.41) is 12.8. The number of nitrogens with zero attached hydrogens (tertiary/aromatic N) is 2. The Labute approximate surface area is 218 Å². The number of rotatable bonds is 8. The third-order valence-corrected chi connectivity index (χ3v) is 7.09. The predicted molar refractivity (Wildman–Crippen MR) is 141 cm³/mol. The Morgan fingerprint density at radius 3 is 2.57 bits per heavy atom. The SMILES string of the molecule is Cc1ccc(C)c(N(C(=O)c2snc(C(N)=O)c2N)[C@@H](C(=O)NC[C@@H]2CCCO2)c2ccc(O)cc2)c1. The number of nitrogen functional groups attached to an aromatic ring is 1. The molecule has 0 spiro atoms. The number of anilines is 2. The number of carbonyl (C=O) groups is 3. The molecule has 6 N–H and O–H groups in total. The Bertz CT molecular complexity index is 1320. The fraction of sp³-hybridized carbons (Fsp3) is 0.308. The van der Waals surface area contributed by atoms with E-state index in [2.05, 4.69) is 9.69 Å². The maximum Gasteiger partial charge on any atom is 0.273 e. The fourth-order valence-electron chi connectivity index (χ4n) is 4.27. The standard InChI is InChI=1S/C26H29N5O5S/c1-14-5-6-15(2)19(12-14)31(26(35)23-20(27)21(24(28)33)30-37-23)22(16-7-9-17(32)10-8-16)25(34)29-13-18-4-3-11-36-18/h5-10,12,18,22,32H,3-4,11,13,27H2,1-2H3,(H2,28,33)(H,29,34)/t18-,22+/m0/s1. The molecule has 1 aliphatic heterocycles. The number of carbonyl (C=O) groups excluding carboxylic acids is 3. The van der Waals surface area contributed by atoms with Gasteiger partial charge in [0.15, 0.2) is 5.69 Å². The number of ether oxygens (including phenoxy) is 1. The average Bonchev–Trinajstić information content (AvgIpc) is 3.53. The number of phenolic OH excluding ortho intramolecular Hbond substituents is 1. The molecular formula is C26H29N5O5S. The number of nitrogens with one attached hydrogen (secondary N) is 1. The number of aromatic nitrogens is 1. The molecule has 1 saturated heterocycles. The van der Waals surface area contributed by atoms with Crippen LogP contribution >= 0.6 is 11.5 Å². The molecule has 3 amide bonds. The molecule has 3 aromatic rings. The fourth-order valence-corrected chi connectivity index (χ4v) is 5.02. The van der Waals surface area contributed by atoms with Gasteiger partial charge in [-0.05, 0) is 73.1 Å². The Balaban J connectivity index is 1.84. The van der Waals surface area contributed by atoms with E-state index in [0.717, 1.165) is 35.5 Å². The van der Waals surface area contributed by atoms with Gasteiger partial charge in [0.05, 0.1) is 11.8 Å². The van der Waals surface area contributed by atoms with Gasteiger partial charge < -0.3 is 26.6 Å². The summed E-state index contributed by atoms with van der Waals surface area (Å²) < 4.78 is 9.62. The van der Waals surface area contributed by atoms with Crippen LogP contribution in [0.2, 0.25) is 0 Å². The summed E-state index contributed by atoms with van der Waals surface area (Å²) in [5.74, 6) is -1.88. The van der Waals surface area contributed by atoms with Crippen molar-refractivity contribution in [2.45, 2.75) is 38.8 Å². The van der Waals surface area contributed by atoms with Crippen molar-refractivity contribution in [2.24, 2.45) is 5.73 Å². The number of aryl methyl sites for hydroxylation is 2. The second-order valence-corrected chi connectivity index (χ2v) is 9.75. The van der Waals surface area contributed by atoms with Gasteiger partial charge in [-0.2, -0.15) is 4.37 Å². The molecule has 0 radical (unpaired) electrons. The van der Waals surface area contributed by atoms with Gasteiger partial charge in [0.25, 0.3) is 11.8 Å². The summed E-state index contributed by atoms with van der Waals surface area (Å²) in [6, 6.07) is 10.5. The average molecular weight is 524 g/mol. The Kier molecular flexibility index (Phi) is 7.74. The molecule has 11 heteroatoms. The molecule has 0 bridgehead atoms. The number of hydrogen-bond donors (Lipinski definition) is 4. The summed E-state index contributed by atoms with van der Waals surface area (Å²) in [5.41, 5.74) is 13.7. The second kappa shape index (κ2) is 11.0. The van der Waals surface area contributed by atoms with E-state index >= 15 is 0 Å². The summed E-state index contributed by atoms with van der Waals surface area (Å²) in [4.78, 5) is 41.0. The van der Waals surface area contributed by atoms with Gasteiger partial charge in [0.1, 0.15) is 16.7 Å². The van der Waals surface area contributed by atoms with Gasteiger partial charge in [-0.15, -0.1) is 0 Å². The first-order valence-electron chi connectivity index (χ1n) is 11.8. The summed E-state index contributed by atoms with van der Waals surface area (Å²) in [7, 11) is 0. The van der Waals surface area contributed by atoms with Gasteiger partial charge in [-0.1, -0.05) is 24.3 Å². The van der Waals surface area contributed by atoms with E-state index in [0.29, 0.717) is 17.9 Å². The number of phenols is 1. The molecule has 1 aromatic heterocycles. The molecule has 1 fully saturated rings. The second-order valence-electron chi connectivity index (χ2n) is 8.98. The molecular weight excluding hydrogens is 494 g/mol. The Morgan fingerprint density at radius 2 is 1.95 bits per heavy atom. The zero-order valence-corrected chi connectivity index (χ0v) is 21.4. The van der Waals surface area contributed by atoms with Crippen LogP contribution in [0.1, 0.15) is 55.7 Å². The highest BCUT2D eigenvalue weighted by Crippen LogP contribution is 2.35. The molecule has 37 heavy (non-hydrogen) atoms. The molecule has 0 unspecified atom stereocenters. The summed E-state index contributed by atoms with van der Waals surface area (Å²) in [6.07, 6.45) is 1.64. The minimum Gasteiger partial charge on any atom is -0.508 e. The van der Waals surface area contributed by atoms with Gasteiger partial charge in [0.2, 0.25) is 5.91 Å². The maximum absolute atomic E-state index is 14.1. The van der Waals surface area contributed by atoms with E-state index in [4.69, 9.17) is 16.2 Å². The normalized spacial score (nSPS) is 15.8. The lowest BCUT2D eigenvalue weighted by molar-refractivity contribution is -0.123. The van der Waals surface area contributed by atoms with Crippen LogP contribution in [-0.2, 0) is 9.53 Å². The van der Waals surface area contributed by atoms with Crippen molar-refractivity contribution in [3.8, 4) is 5.75 Å². The van der Waals surface area contributed by atoms with Crippen molar-refractivity contribution in [3.63, 3.8) is 0 Å². The first-order chi connectivity index (χ1) is 17.7. The Hall–Kier alpha value is -3.96. The number of aromatic hydroxyl groups is 1. The molecule has 2 aromatic carbocycles. The topological polar surface area (TPSA) is 161 Å². The minimum absolute atomic E-state index is 0.00888. The zero-order valence-electron chi connectivity index (χ0n) is 20.6. The lowest BCUT2D eigenvalue weighted by atomic mass is 10.00. The van der Waals surface area contributed by atoms with E-state index in [9.17, 15) is 19.5 Å². The van der Waals surface area contributed by atoms with Crippen LogP contribution in [0.15, 0.2) is 42.5 Å². The Morgan fingerprint density at radius 1 is 1.22 bits per heavy atom. The van der Waals surface area contributed by atoms with Gasteiger partial charge in [-0.25, -0.2) is 0 Å². The lowest BCUT2D eigenvalue weighted by Gasteiger charge is -2.33. The van der Waals surface area contributed by atoms with Crippen LogP contribution in [0.25, 0.3) is 0 Å². The number of amides is 3. The van der Waals surface area contributed by atoms with E-state index in [-0.39, 0.29) is 34.7 Å². The first-order valence-corrected chi connectivity index (χ1v) is 12.6. The molecule has 0 aliphatic carbocycles. The van der Waals surface area contributed by atoms with Crippen molar-refractivity contribution in [2.75, 3.05) is 23.8 Å². The highest BCUT2D eigenvalue weighted by molar-refractivity contribution is 7.09. The number of nitrogens with two attached hydrogens (primary N) is 2. The van der Waals surface area contributed by atoms with Gasteiger partial charge in [-0.3, -0.25) is 19.3 Å². The van der Waals surface area contributed by atoms with Crippen LogP contribution in [0.4, 0.5) is 11.4 Å². The first kappa shape index (κ1) is 26.1. The lowest BCUT2D eigenvalue weighted by Crippen LogP contribution is -2.46. The van der Waals surface area contributed by atoms with E-state index in [1.807, 2.05) is 26.0 Å². The summed E-state index contributed by atoms with van der Waals surface area (Å²) in [6.45, 7) is 4.64. The van der Waals surface area contributed by atoms with Crippen LogP contribution in [0, 0.1) is 13.8 Å². The molecule has 4 rings (SSSR count). The quantitative estimate of drug-likeness (QED) is 0.353. The number of benzene rings is 2. The molecule has 10 nitrogen and oxygen atoms in total. The van der Waals surface area contributed by atoms with E-state index in [1.54, 1.807) is 18.2 Å². The minimum atomic E-state index is -1.13. The van der Waals surface area contributed by atoms with Crippen LogP contribution < -0.4 is 21.7 Å². The molecule has 194 valence electrons. The van der Waals surface area contributed by atoms with Crippen molar-refractivity contribution < 1.29 is 24.2 Å². The largest absolute Gasteiger partial charge is 0.508 e. The van der Waals surface area contributed by atoms with Crippen molar-refractivity contribution in [1.29, 1.82) is 0 Å². The number of hydrogen-bond acceptors (Lipinski definition) is 8. The number of primary amides is 1. The molecule has 2 atom stereocenters. The van der Waals surface area contributed by atoms with E-state index < -0.39 is 23.8 Å². The summed E-state index contributed by atoms with van der Waals surface area (Å²) >= 11 is 0.747. The predicted octanol–water partition coefficient (Wildman–Crippen LogP) is 2.83. The zero-order chi connectivity index (χ0) is 26.7. The molecule has 0 saturated carbocycles. The molecule has 2 heterocycles. The van der Waals surface area contributed by atoms with Gasteiger partial charge in [0, 0.05) is 18.8 Å². The van der Waals surface area contributed by atoms with Crippen LogP contribution in [-0.4, -0.2) is 46.5 Å². The van der Waals surface area contributed by atoms with Crippen molar-refractivity contribution in [3.05, 3.63) is 69.7 Å². The monoisotopic (exact) mass is 523 g/mol. The van der Waals surface area contributed by atoms with E-state index in [1.165, 1.54) is 17.0 Å². The van der Waals surface area contributed by atoms with Gasteiger partial charge >= 0.3 is 0 Å². The highest BCUT2D eigenvalue weighted by atomic mass is 32.1. The van der Waals surface area contributed by atoms with Crippen LogP contribution in [0.5, 0.6) is 5.75 Å². The smallest absolute Gasteiger partial charge is 0.273 e.